The first-order valence-corrected chi connectivity index (χ1v) is 13.2. The molecule has 2 N–H and O–H groups in total. The first-order chi connectivity index (χ1) is 15.1. The van der Waals surface area contributed by atoms with Crippen molar-refractivity contribution in [1.29, 1.82) is 0 Å². The number of aryl methyl sites for hydroxylation is 1. The van der Waals surface area contributed by atoms with Gasteiger partial charge >= 0.3 is 0 Å². The third kappa shape index (κ3) is 4.18. The van der Waals surface area contributed by atoms with Crippen molar-refractivity contribution >= 4 is 32.4 Å². The Morgan fingerprint density at radius 1 is 1.06 bits per heavy atom. The lowest BCUT2D eigenvalue weighted by Crippen LogP contribution is -2.54. The molecule has 2 saturated heterocycles. The van der Waals surface area contributed by atoms with Crippen LogP contribution in [0, 0.1) is 6.92 Å². The monoisotopic (exact) mass is 458 g/mol. The molecule has 2 aliphatic heterocycles. The van der Waals surface area contributed by atoms with Crippen LogP contribution in [0.5, 0.6) is 0 Å². The van der Waals surface area contributed by atoms with E-state index in [2.05, 4.69) is 33.7 Å². The SMILES string of the molecule is Cc1nc(N2CCCC2)c2cc(S(=O)(=O)NC3(C)CC3)cc(N3C[C@H](C)N[C@@H](C)C3)c2n1. The summed E-state index contributed by atoms with van der Waals surface area (Å²) < 4.78 is 29.7. The number of hydrogen-bond acceptors (Lipinski definition) is 7. The van der Waals surface area contributed by atoms with Gasteiger partial charge in [0.25, 0.3) is 0 Å². The molecule has 1 saturated carbocycles. The average Bonchev–Trinajstić information content (AvgIpc) is 3.20. The number of fused-ring (bicyclic) bond motifs is 1. The zero-order valence-electron chi connectivity index (χ0n) is 19.5. The molecule has 0 amide bonds. The maximum atomic E-state index is 13.4. The van der Waals surface area contributed by atoms with E-state index in [1.54, 1.807) is 6.07 Å². The van der Waals surface area contributed by atoms with Gasteiger partial charge in [0.15, 0.2) is 0 Å². The normalized spacial score (nSPS) is 25.5. The fourth-order valence-electron chi connectivity index (χ4n) is 5.04. The van der Waals surface area contributed by atoms with E-state index in [9.17, 15) is 8.42 Å². The molecule has 5 rings (SSSR count). The second kappa shape index (κ2) is 7.81. The molecule has 0 bridgehead atoms. The number of anilines is 2. The van der Waals surface area contributed by atoms with Crippen LogP contribution < -0.4 is 19.8 Å². The Morgan fingerprint density at radius 3 is 2.34 bits per heavy atom. The van der Waals surface area contributed by atoms with Crippen LogP contribution in [0.2, 0.25) is 0 Å². The fraction of sp³-hybridized carbons (Fsp3) is 0.652. The van der Waals surface area contributed by atoms with Crippen molar-refractivity contribution in [3.05, 3.63) is 18.0 Å². The van der Waals surface area contributed by atoms with Crippen LogP contribution in [0.3, 0.4) is 0 Å². The molecule has 2 aromatic rings. The van der Waals surface area contributed by atoms with Gasteiger partial charge in [-0.2, -0.15) is 0 Å². The van der Waals surface area contributed by atoms with E-state index in [1.807, 2.05) is 19.9 Å². The van der Waals surface area contributed by atoms with Crippen LogP contribution in [0.15, 0.2) is 17.0 Å². The van der Waals surface area contributed by atoms with Crippen molar-refractivity contribution in [3.63, 3.8) is 0 Å². The van der Waals surface area contributed by atoms with Gasteiger partial charge in [-0.25, -0.2) is 23.1 Å². The quantitative estimate of drug-likeness (QED) is 0.712. The third-order valence-electron chi connectivity index (χ3n) is 6.84. The summed E-state index contributed by atoms with van der Waals surface area (Å²) in [5.41, 5.74) is 1.40. The van der Waals surface area contributed by atoms with Crippen LogP contribution in [0.25, 0.3) is 10.9 Å². The van der Waals surface area contributed by atoms with Gasteiger partial charge in [-0.3, -0.25) is 0 Å². The van der Waals surface area contributed by atoms with E-state index in [1.165, 1.54) is 0 Å². The lowest BCUT2D eigenvalue weighted by molar-refractivity contribution is 0.407. The highest BCUT2D eigenvalue weighted by Gasteiger charge is 2.41. The highest BCUT2D eigenvalue weighted by molar-refractivity contribution is 7.89. The standard InChI is InChI=1S/C23H34N6O2S/c1-15-13-29(14-16(2)24-15)20-12-18(32(30,31)27-23(4)7-8-23)11-19-21(20)25-17(3)26-22(19)28-9-5-6-10-28/h11-12,15-16,24,27H,5-10,13-14H2,1-4H3/t15-,16-/m0/s1. The fourth-order valence-corrected chi connectivity index (χ4v) is 6.55. The third-order valence-corrected chi connectivity index (χ3v) is 8.46. The zero-order valence-corrected chi connectivity index (χ0v) is 20.3. The van der Waals surface area contributed by atoms with Crippen LogP contribution in [-0.4, -0.2) is 62.2 Å². The van der Waals surface area contributed by atoms with E-state index in [0.717, 1.165) is 80.1 Å². The molecule has 1 aliphatic carbocycles. The largest absolute Gasteiger partial charge is 0.367 e. The van der Waals surface area contributed by atoms with Crippen molar-refractivity contribution in [2.24, 2.45) is 0 Å². The molecule has 9 heteroatoms. The van der Waals surface area contributed by atoms with Gasteiger partial charge in [0.05, 0.1) is 16.1 Å². The molecule has 1 aromatic carbocycles. The van der Waals surface area contributed by atoms with Crippen LogP contribution in [0.4, 0.5) is 11.5 Å². The summed E-state index contributed by atoms with van der Waals surface area (Å²) in [5, 5.41) is 4.39. The Hall–Kier alpha value is -1.97. The zero-order chi connectivity index (χ0) is 22.7. The Bertz CT molecular complexity index is 1130. The van der Waals surface area contributed by atoms with Gasteiger partial charge < -0.3 is 15.1 Å². The van der Waals surface area contributed by atoms with Gasteiger partial charge in [0.2, 0.25) is 10.0 Å². The molecule has 32 heavy (non-hydrogen) atoms. The van der Waals surface area contributed by atoms with E-state index in [-0.39, 0.29) is 5.54 Å². The summed E-state index contributed by atoms with van der Waals surface area (Å²) >= 11 is 0. The van der Waals surface area contributed by atoms with E-state index < -0.39 is 10.0 Å². The van der Waals surface area contributed by atoms with Gasteiger partial charge in [-0.05, 0) is 65.5 Å². The number of nitrogens with zero attached hydrogens (tertiary/aromatic N) is 4. The molecular weight excluding hydrogens is 424 g/mol. The minimum Gasteiger partial charge on any atom is -0.367 e. The van der Waals surface area contributed by atoms with Gasteiger partial charge in [-0.15, -0.1) is 0 Å². The predicted molar refractivity (Wildman–Crippen MR) is 128 cm³/mol. The number of hydrogen-bond donors (Lipinski definition) is 2. The molecule has 1 aromatic heterocycles. The van der Waals surface area contributed by atoms with E-state index >= 15 is 0 Å². The molecule has 8 nitrogen and oxygen atoms in total. The predicted octanol–water partition coefficient (Wildman–Crippen LogP) is 2.56. The topological polar surface area (TPSA) is 90.5 Å². The summed E-state index contributed by atoms with van der Waals surface area (Å²) in [6.45, 7) is 11.7. The number of benzene rings is 1. The smallest absolute Gasteiger partial charge is 0.241 e. The van der Waals surface area contributed by atoms with E-state index in [0.29, 0.717) is 17.0 Å². The highest BCUT2D eigenvalue weighted by atomic mass is 32.2. The van der Waals surface area contributed by atoms with Crippen LogP contribution in [0.1, 0.15) is 52.3 Å². The average molecular weight is 459 g/mol. The molecule has 3 fully saturated rings. The molecule has 0 spiro atoms. The molecule has 2 atom stereocenters. The molecule has 0 unspecified atom stereocenters. The Labute approximate surface area is 190 Å². The summed E-state index contributed by atoms with van der Waals surface area (Å²) in [4.78, 5) is 14.5. The number of rotatable bonds is 5. The maximum absolute atomic E-state index is 13.4. The number of aromatic nitrogens is 2. The summed E-state index contributed by atoms with van der Waals surface area (Å²) in [6, 6.07) is 4.22. The number of piperazine rings is 1. The van der Waals surface area contributed by atoms with Crippen molar-refractivity contribution < 1.29 is 8.42 Å². The van der Waals surface area contributed by atoms with Gasteiger partial charge in [0, 0.05) is 49.2 Å². The molecular formula is C23H34N6O2S. The second-order valence-electron chi connectivity index (χ2n) is 10.2. The first kappa shape index (κ1) is 21.9. The summed E-state index contributed by atoms with van der Waals surface area (Å²) in [6.07, 6.45) is 4.01. The molecule has 3 heterocycles. The molecule has 3 aliphatic rings. The second-order valence-corrected chi connectivity index (χ2v) is 11.8. The molecule has 174 valence electrons. The minimum atomic E-state index is -3.65. The molecule has 0 radical (unpaired) electrons. The number of sulfonamides is 1. The Morgan fingerprint density at radius 2 is 1.72 bits per heavy atom. The van der Waals surface area contributed by atoms with Crippen LogP contribution in [-0.2, 0) is 10.0 Å². The number of nitrogens with one attached hydrogen (secondary N) is 2. The minimum absolute atomic E-state index is 0.304. The first-order valence-electron chi connectivity index (χ1n) is 11.8. The van der Waals surface area contributed by atoms with Crippen molar-refractivity contribution in [1.82, 2.24) is 20.0 Å². The van der Waals surface area contributed by atoms with Gasteiger partial charge in [0.1, 0.15) is 11.6 Å². The summed E-state index contributed by atoms with van der Waals surface area (Å²) in [7, 11) is -3.65. The Balaban J connectivity index is 1.71. The van der Waals surface area contributed by atoms with Crippen molar-refractivity contribution in [2.45, 2.75) is 75.9 Å². The maximum Gasteiger partial charge on any atom is 0.241 e. The van der Waals surface area contributed by atoms with Crippen LogP contribution >= 0.6 is 0 Å². The Kier molecular flexibility index (Phi) is 5.34. The summed E-state index contributed by atoms with van der Waals surface area (Å²) in [5.74, 6) is 1.58. The lowest BCUT2D eigenvalue weighted by atomic mass is 10.1. The highest BCUT2D eigenvalue weighted by Crippen LogP contribution is 2.39. The van der Waals surface area contributed by atoms with Gasteiger partial charge in [-0.1, -0.05) is 0 Å². The lowest BCUT2D eigenvalue weighted by Gasteiger charge is -2.38. The van der Waals surface area contributed by atoms with E-state index in [4.69, 9.17) is 9.97 Å². The van der Waals surface area contributed by atoms with Crippen molar-refractivity contribution in [2.75, 3.05) is 36.0 Å². The van der Waals surface area contributed by atoms with Crippen molar-refractivity contribution in [3.8, 4) is 0 Å².